The maximum absolute atomic E-state index is 14.6. The molecule has 7 nitrogen and oxygen atoms in total. The first kappa shape index (κ1) is 29.3. The van der Waals surface area contributed by atoms with E-state index in [4.69, 9.17) is 11.6 Å². The van der Waals surface area contributed by atoms with E-state index < -0.39 is 26.3 Å². The molecule has 1 aliphatic carbocycles. The SMILES string of the molecule is CC1(S(=O)(=O)n2ccc3c(-c4cnc(C5(O)CCSC5)s4)ccnc32)C=C(Cl)C=CC1c1ccc(CN2CCCC2)cc1. The predicted octanol–water partition coefficient (Wildman–Crippen LogP) is 6.49. The lowest BCUT2D eigenvalue weighted by Crippen LogP contribution is -2.43. The number of hydrogen-bond donors (Lipinski definition) is 1. The first-order chi connectivity index (χ1) is 20.7. The molecule has 3 aromatic heterocycles. The standard InChI is InChI=1S/C32H33ClN4O3S3/c1-31(18-24(33)8-9-27(31)23-6-4-22(5-7-23)20-36-14-2-3-15-36)43(39,40)37-16-11-26-25(10-13-34-29(26)37)28-19-35-30(42-28)32(38)12-17-41-21-32/h4-11,13,16,18-19,27,38H,2-3,12,14-15,17,20-21H2,1H3. The van der Waals surface area contributed by atoms with Gasteiger partial charge in [0.1, 0.15) is 15.4 Å². The van der Waals surface area contributed by atoms with Crippen molar-refractivity contribution in [3.05, 3.63) is 94.4 Å². The number of rotatable bonds is 7. The van der Waals surface area contributed by atoms with Crippen molar-refractivity contribution in [3.8, 4) is 10.4 Å². The van der Waals surface area contributed by atoms with E-state index in [0.717, 1.165) is 41.4 Å². The highest BCUT2D eigenvalue weighted by atomic mass is 35.5. The Balaban J connectivity index is 1.24. The third-order valence-electron chi connectivity index (χ3n) is 8.97. The van der Waals surface area contributed by atoms with Crippen LogP contribution in [-0.4, -0.2) is 61.7 Å². The molecule has 3 atom stereocenters. The van der Waals surface area contributed by atoms with Crippen LogP contribution in [0.1, 0.15) is 48.2 Å². The van der Waals surface area contributed by atoms with Gasteiger partial charge in [-0.25, -0.2) is 22.4 Å². The number of thiazole rings is 1. The first-order valence-corrected chi connectivity index (χ1v) is 18.3. The Kier molecular flexibility index (Phi) is 7.59. The Morgan fingerprint density at radius 3 is 2.65 bits per heavy atom. The van der Waals surface area contributed by atoms with Crippen LogP contribution in [-0.2, 0) is 22.2 Å². The largest absolute Gasteiger partial charge is 0.382 e. The highest BCUT2D eigenvalue weighted by molar-refractivity contribution is 7.99. The van der Waals surface area contributed by atoms with Gasteiger partial charge in [0.2, 0.25) is 10.0 Å². The number of halogens is 1. The van der Waals surface area contributed by atoms with Crippen LogP contribution < -0.4 is 0 Å². The van der Waals surface area contributed by atoms with E-state index in [0.29, 0.717) is 33.2 Å². The normalized spacial score (nSPS) is 26.4. The second kappa shape index (κ2) is 11.2. The van der Waals surface area contributed by atoms with Crippen molar-refractivity contribution >= 4 is 55.8 Å². The van der Waals surface area contributed by atoms with Gasteiger partial charge >= 0.3 is 0 Å². The Labute approximate surface area is 265 Å². The molecule has 0 saturated carbocycles. The maximum atomic E-state index is 14.6. The van der Waals surface area contributed by atoms with Crippen molar-refractivity contribution in [2.45, 2.75) is 49.0 Å². The summed E-state index contributed by atoms with van der Waals surface area (Å²) in [5.41, 5.74) is 2.41. The Hall–Kier alpha value is -2.47. The van der Waals surface area contributed by atoms with Gasteiger partial charge in [0.05, 0.1) is 4.88 Å². The number of nitrogens with zero attached hydrogens (tertiary/aromatic N) is 4. The molecule has 4 aromatic rings. The summed E-state index contributed by atoms with van der Waals surface area (Å²) in [6.07, 6.45) is 13.5. The smallest absolute Gasteiger partial charge is 0.250 e. The summed E-state index contributed by atoms with van der Waals surface area (Å²) >= 11 is 9.66. The van der Waals surface area contributed by atoms with E-state index in [9.17, 15) is 13.5 Å². The van der Waals surface area contributed by atoms with Crippen LogP contribution in [0.2, 0.25) is 0 Å². The summed E-state index contributed by atoms with van der Waals surface area (Å²) in [4.78, 5) is 12.4. The minimum absolute atomic E-state index is 0.350. The fourth-order valence-electron chi connectivity index (χ4n) is 6.47. The number of aliphatic hydroxyl groups is 1. The molecule has 5 heterocycles. The Morgan fingerprint density at radius 1 is 1.12 bits per heavy atom. The number of allylic oxidation sites excluding steroid dienone is 3. The predicted molar refractivity (Wildman–Crippen MR) is 176 cm³/mol. The van der Waals surface area contributed by atoms with Crippen molar-refractivity contribution in [2.24, 2.45) is 0 Å². The van der Waals surface area contributed by atoms with Crippen LogP contribution in [0.25, 0.3) is 21.5 Å². The van der Waals surface area contributed by atoms with Gasteiger partial charge in [-0.1, -0.05) is 41.9 Å². The van der Waals surface area contributed by atoms with E-state index in [2.05, 4.69) is 27.0 Å². The minimum Gasteiger partial charge on any atom is -0.382 e. The molecule has 1 N–H and O–H groups in total. The van der Waals surface area contributed by atoms with Crippen LogP contribution in [0, 0.1) is 0 Å². The van der Waals surface area contributed by atoms with Gasteiger partial charge < -0.3 is 5.11 Å². The number of aromatic nitrogens is 3. The number of pyridine rings is 1. The molecule has 7 rings (SSSR count). The highest BCUT2D eigenvalue weighted by Crippen LogP contribution is 2.45. The number of likely N-dealkylation sites (tertiary alicyclic amines) is 1. The van der Waals surface area contributed by atoms with Crippen molar-refractivity contribution < 1.29 is 13.5 Å². The van der Waals surface area contributed by atoms with Gasteiger partial charge in [-0.3, -0.25) is 4.90 Å². The van der Waals surface area contributed by atoms with Gasteiger partial charge in [0.25, 0.3) is 0 Å². The summed E-state index contributed by atoms with van der Waals surface area (Å²) in [6, 6.07) is 12.0. The van der Waals surface area contributed by atoms with Crippen LogP contribution in [0.3, 0.4) is 0 Å². The van der Waals surface area contributed by atoms with E-state index in [1.165, 1.54) is 33.7 Å². The highest BCUT2D eigenvalue weighted by Gasteiger charge is 2.47. The van der Waals surface area contributed by atoms with Gasteiger partial charge in [0.15, 0.2) is 5.65 Å². The second-order valence-corrected chi connectivity index (χ2v) is 16.6. The van der Waals surface area contributed by atoms with Crippen molar-refractivity contribution in [1.82, 2.24) is 18.8 Å². The molecule has 224 valence electrons. The van der Waals surface area contributed by atoms with Crippen molar-refractivity contribution in [2.75, 3.05) is 24.6 Å². The molecule has 0 amide bonds. The molecular formula is C32H33ClN4O3S3. The number of fused-ring (bicyclic) bond motifs is 1. The summed E-state index contributed by atoms with van der Waals surface area (Å²) in [5, 5.41) is 12.8. The lowest BCUT2D eigenvalue weighted by Gasteiger charge is -2.36. The van der Waals surface area contributed by atoms with Gasteiger partial charge in [-0.15, -0.1) is 11.3 Å². The Morgan fingerprint density at radius 2 is 1.91 bits per heavy atom. The lowest BCUT2D eigenvalue weighted by atomic mass is 9.83. The third kappa shape index (κ3) is 5.10. The molecule has 2 saturated heterocycles. The minimum atomic E-state index is -4.04. The molecule has 0 spiro atoms. The van der Waals surface area contributed by atoms with Crippen LogP contribution >= 0.6 is 34.7 Å². The maximum Gasteiger partial charge on any atom is 0.250 e. The van der Waals surface area contributed by atoms with Crippen LogP contribution in [0.4, 0.5) is 0 Å². The van der Waals surface area contributed by atoms with E-state index in [1.54, 1.807) is 55.5 Å². The molecule has 2 fully saturated rings. The molecule has 0 bridgehead atoms. The van der Waals surface area contributed by atoms with Crippen molar-refractivity contribution in [1.29, 1.82) is 0 Å². The van der Waals surface area contributed by atoms with Crippen LogP contribution in [0.15, 0.2) is 78.2 Å². The molecule has 1 aromatic carbocycles. The van der Waals surface area contributed by atoms with Crippen LogP contribution in [0.5, 0.6) is 0 Å². The number of benzene rings is 1. The average Bonchev–Trinajstić information content (AvgIpc) is 3.81. The molecule has 2 aliphatic heterocycles. The molecule has 0 radical (unpaired) electrons. The van der Waals surface area contributed by atoms with Gasteiger partial charge in [0, 0.05) is 52.8 Å². The topological polar surface area (TPSA) is 88.3 Å². The molecular weight excluding hydrogens is 620 g/mol. The zero-order valence-electron chi connectivity index (χ0n) is 23.8. The number of thioether (sulfide) groups is 1. The van der Waals surface area contributed by atoms with E-state index in [-0.39, 0.29) is 0 Å². The summed E-state index contributed by atoms with van der Waals surface area (Å²) in [7, 11) is -4.04. The summed E-state index contributed by atoms with van der Waals surface area (Å²) in [5.74, 6) is 1.09. The zero-order chi connectivity index (χ0) is 29.8. The quantitative estimate of drug-likeness (QED) is 0.244. The van der Waals surface area contributed by atoms with Crippen molar-refractivity contribution in [3.63, 3.8) is 0 Å². The first-order valence-electron chi connectivity index (χ1n) is 14.5. The monoisotopic (exact) mass is 652 g/mol. The zero-order valence-corrected chi connectivity index (χ0v) is 27.0. The summed E-state index contributed by atoms with van der Waals surface area (Å²) < 4.78 is 29.2. The summed E-state index contributed by atoms with van der Waals surface area (Å²) in [6.45, 7) is 4.89. The third-order valence-corrected chi connectivity index (χ3v) is 13.9. The molecule has 3 aliphatic rings. The second-order valence-electron chi connectivity index (χ2n) is 11.9. The lowest BCUT2D eigenvalue weighted by molar-refractivity contribution is 0.0655. The fraction of sp³-hybridized carbons (Fsp3) is 0.375. The Bertz CT molecular complexity index is 1830. The molecule has 3 unspecified atom stereocenters. The average molecular weight is 653 g/mol. The van der Waals surface area contributed by atoms with E-state index in [1.807, 2.05) is 24.3 Å². The number of hydrogen-bond acceptors (Lipinski definition) is 8. The van der Waals surface area contributed by atoms with E-state index >= 15 is 0 Å². The van der Waals surface area contributed by atoms with Gasteiger partial charge in [-0.2, -0.15) is 11.8 Å². The molecule has 11 heteroatoms. The van der Waals surface area contributed by atoms with Gasteiger partial charge in [-0.05, 0) is 80.4 Å². The fourth-order valence-corrected chi connectivity index (χ4v) is 11.1. The molecule has 43 heavy (non-hydrogen) atoms.